The number of hydrogen-bond donors (Lipinski definition) is 1. The van der Waals surface area contributed by atoms with Gasteiger partial charge in [-0.1, -0.05) is 65.7 Å². The molecule has 4 aromatic rings. The molecule has 1 amide bonds. The molecule has 0 bridgehead atoms. The van der Waals surface area contributed by atoms with E-state index in [0.29, 0.717) is 18.0 Å². The van der Waals surface area contributed by atoms with E-state index in [1.807, 2.05) is 37.3 Å². The van der Waals surface area contributed by atoms with Gasteiger partial charge in [0.25, 0.3) is 0 Å². The Morgan fingerprint density at radius 1 is 0.921 bits per heavy atom. The molecule has 0 spiro atoms. The van der Waals surface area contributed by atoms with Gasteiger partial charge in [-0.25, -0.2) is 12.8 Å². The third-order valence-corrected chi connectivity index (χ3v) is 7.92. The van der Waals surface area contributed by atoms with Crippen molar-refractivity contribution in [2.75, 3.05) is 11.9 Å². The molecular weight excluding hydrogens is 527 g/mol. The van der Waals surface area contributed by atoms with Crippen molar-refractivity contribution in [3.8, 4) is 5.75 Å². The molecule has 196 valence electrons. The highest BCUT2D eigenvalue weighted by atomic mass is 35.5. The Morgan fingerprint density at radius 3 is 2.26 bits per heavy atom. The number of anilines is 1. The highest BCUT2D eigenvalue weighted by Crippen LogP contribution is 2.25. The number of sulfonamides is 1. The number of nitrogens with one attached hydrogen (secondary N) is 1. The van der Waals surface area contributed by atoms with Gasteiger partial charge in [-0.3, -0.25) is 4.79 Å². The number of carbonyl (C=O) groups excluding carboxylic acids is 1. The summed E-state index contributed by atoms with van der Waals surface area (Å²) in [4.78, 5) is 12.9. The summed E-state index contributed by atoms with van der Waals surface area (Å²) in [6, 6.07) is 26.7. The van der Waals surface area contributed by atoms with Gasteiger partial charge in [0.05, 0.1) is 11.4 Å². The van der Waals surface area contributed by atoms with Crippen LogP contribution in [-0.2, 0) is 28.0 Å². The lowest BCUT2D eigenvalue weighted by Crippen LogP contribution is -2.37. The minimum atomic E-state index is -4.15. The molecule has 0 radical (unpaired) electrons. The molecule has 0 saturated heterocycles. The van der Waals surface area contributed by atoms with Gasteiger partial charge < -0.3 is 10.1 Å². The molecule has 6 nitrogen and oxygen atoms in total. The maximum atomic E-state index is 14.5. The van der Waals surface area contributed by atoms with E-state index >= 15 is 0 Å². The van der Waals surface area contributed by atoms with E-state index in [1.165, 1.54) is 30.3 Å². The first-order valence-corrected chi connectivity index (χ1v) is 13.6. The zero-order valence-electron chi connectivity index (χ0n) is 20.6. The quantitative estimate of drug-likeness (QED) is 0.254. The van der Waals surface area contributed by atoms with Crippen LogP contribution in [0.2, 0.25) is 5.02 Å². The summed E-state index contributed by atoms with van der Waals surface area (Å²) >= 11 is 6.16. The van der Waals surface area contributed by atoms with Crippen molar-refractivity contribution in [1.82, 2.24) is 4.31 Å². The van der Waals surface area contributed by atoms with E-state index < -0.39 is 34.8 Å². The van der Waals surface area contributed by atoms with Crippen LogP contribution in [0.3, 0.4) is 0 Å². The molecule has 4 aromatic carbocycles. The van der Waals surface area contributed by atoms with Crippen molar-refractivity contribution in [1.29, 1.82) is 0 Å². The third-order valence-electron chi connectivity index (χ3n) is 5.76. The number of rotatable bonds is 10. The van der Waals surface area contributed by atoms with E-state index in [2.05, 4.69) is 5.32 Å². The lowest BCUT2D eigenvalue weighted by molar-refractivity contribution is -0.116. The molecule has 0 unspecified atom stereocenters. The van der Waals surface area contributed by atoms with Crippen LogP contribution in [0, 0.1) is 12.7 Å². The summed E-state index contributed by atoms with van der Waals surface area (Å²) in [5, 5.41) is 2.76. The van der Waals surface area contributed by atoms with E-state index in [9.17, 15) is 17.6 Å². The van der Waals surface area contributed by atoms with Gasteiger partial charge in [0.1, 0.15) is 18.2 Å². The number of nitrogens with zero attached hydrogens (tertiary/aromatic N) is 1. The maximum absolute atomic E-state index is 14.5. The van der Waals surface area contributed by atoms with Crippen molar-refractivity contribution in [2.45, 2.75) is 25.0 Å². The first-order valence-electron chi connectivity index (χ1n) is 11.8. The Bertz CT molecular complexity index is 1480. The normalized spacial score (nSPS) is 11.4. The van der Waals surface area contributed by atoms with Gasteiger partial charge >= 0.3 is 0 Å². The summed E-state index contributed by atoms with van der Waals surface area (Å²) < 4.78 is 48.1. The number of hydrogen-bond acceptors (Lipinski definition) is 4. The summed E-state index contributed by atoms with van der Waals surface area (Å²) in [5.41, 5.74) is 2.34. The fourth-order valence-electron chi connectivity index (χ4n) is 3.68. The van der Waals surface area contributed by atoms with Crippen LogP contribution in [-0.4, -0.2) is 25.2 Å². The SMILES string of the molecule is Cc1ccc(S(=O)(=O)N(CC(=O)Nc2ccc(OCc3ccccc3)cc2)Cc2c(F)cccc2Cl)cc1. The Balaban J connectivity index is 1.49. The number of benzene rings is 4. The van der Waals surface area contributed by atoms with Crippen molar-refractivity contribution in [2.24, 2.45) is 0 Å². The predicted molar refractivity (Wildman–Crippen MR) is 146 cm³/mol. The predicted octanol–water partition coefficient (Wildman–Crippen LogP) is 6.20. The summed E-state index contributed by atoms with van der Waals surface area (Å²) in [7, 11) is -4.15. The molecular formula is C29H26ClFN2O4S. The van der Waals surface area contributed by atoms with Gasteiger partial charge in [-0.15, -0.1) is 0 Å². The molecule has 1 N–H and O–H groups in total. The number of ether oxygens (including phenoxy) is 1. The fraction of sp³-hybridized carbons (Fsp3) is 0.138. The Kier molecular flexibility index (Phi) is 8.78. The van der Waals surface area contributed by atoms with Crippen molar-refractivity contribution < 1.29 is 22.3 Å². The smallest absolute Gasteiger partial charge is 0.243 e. The largest absolute Gasteiger partial charge is 0.489 e. The molecule has 0 aromatic heterocycles. The number of aryl methyl sites for hydroxylation is 1. The maximum Gasteiger partial charge on any atom is 0.243 e. The molecule has 0 atom stereocenters. The first kappa shape index (κ1) is 27.3. The summed E-state index contributed by atoms with van der Waals surface area (Å²) in [6.07, 6.45) is 0. The summed E-state index contributed by atoms with van der Waals surface area (Å²) in [6.45, 7) is 1.27. The highest BCUT2D eigenvalue weighted by Gasteiger charge is 2.28. The minimum absolute atomic E-state index is 0.0109. The molecule has 0 fully saturated rings. The minimum Gasteiger partial charge on any atom is -0.489 e. The molecule has 0 aliphatic heterocycles. The average molecular weight is 553 g/mol. The van der Waals surface area contributed by atoms with Gasteiger partial charge in [0, 0.05) is 22.8 Å². The van der Waals surface area contributed by atoms with Crippen LogP contribution in [0.5, 0.6) is 5.75 Å². The molecule has 38 heavy (non-hydrogen) atoms. The molecule has 4 rings (SSSR count). The van der Waals surface area contributed by atoms with Crippen LogP contribution in [0.15, 0.2) is 102 Å². The first-order chi connectivity index (χ1) is 18.2. The van der Waals surface area contributed by atoms with Gasteiger partial charge in [0.15, 0.2) is 0 Å². The van der Waals surface area contributed by atoms with E-state index in [1.54, 1.807) is 36.4 Å². The second-order valence-electron chi connectivity index (χ2n) is 8.63. The van der Waals surface area contributed by atoms with Gasteiger partial charge in [-0.2, -0.15) is 4.31 Å². The second kappa shape index (κ2) is 12.2. The lowest BCUT2D eigenvalue weighted by Gasteiger charge is -2.23. The molecule has 0 saturated carbocycles. The zero-order chi connectivity index (χ0) is 27.1. The zero-order valence-corrected chi connectivity index (χ0v) is 22.2. The van der Waals surface area contributed by atoms with E-state index in [4.69, 9.17) is 16.3 Å². The highest BCUT2D eigenvalue weighted by molar-refractivity contribution is 7.89. The molecule has 0 aliphatic carbocycles. The second-order valence-corrected chi connectivity index (χ2v) is 11.0. The lowest BCUT2D eigenvalue weighted by atomic mass is 10.2. The standard InChI is InChI=1S/C29H26ClFN2O4S/c1-21-10-16-25(17-11-21)38(35,36)33(18-26-27(30)8-5-9-28(26)31)19-29(34)32-23-12-14-24(15-13-23)37-20-22-6-3-2-4-7-22/h2-17H,18-20H2,1H3,(H,32,34). The monoisotopic (exact) mass is 552 g/mol. The summed E-state index contributed by atoms with van der Waals surface area (Å²) in [5.74, 6) is -0.635. The topological polar surface area (TPSA) is 75.7 Å². The van der Waals surface area contributed by atoms with Gasteiger partial charge in [0.2, 0.25) is 15.9 Å². The Morgan fingerprint density at radius 2 is 1.61 bits per heavy atom. The number of amides is 1. The van der Waals surface area contributed by atoms with Crippen LogP contribution >= 0.6 is 11.6 Å². The number of carbonyl (C=O) groups is 1. The van der Waals surface area contributed by atoms with Crippen LogP contribution in [0.4, 0.5) is 10.1 Å². The van der Waals surface area contributed by atoms with E-state index in [-0.39, 0.29) is 15.5 Å². The van der Waals surface area contributed by atoms with Crippen LogP contribution in [0.25, 0.3) is 0 Å². The van der Waals surface area contributed by atoms with Crippen molar-refractivity contribution >= 4 is 33.2 Å². The Labute approximate surface area is 226 Å². The Hall–Kier alpha value is -3.72. The van der Waals surface area contributed by atoms with Crippen molar-refractivity contribution in [3.05, 3.63) is 125 Å². The van der Waals surface area contributed by atoms with Crippen molar-refractivity contribution in [3.63, 3.8) is 0 Å². The van der Waals surface area contributed by atoms with Gasteiger partial charge in [-0.05, 0) is 61.0 Å². The van der Waals surface area contributed by atoms with Crippen LogP contribution < -0.4 is 10.1 Å². The fourth-order valence-corrected chi connectivity index (χ4v) is 5.27. The average Bonchev–Trinajstić information content (AvgIpc) is 2.90. The third kappa shape index (κ3) is 6.98. The molecule has 9 heteroatoms. The molecule has 0 aliphatic rings. The van der Waals surface area contributed by atoms with Crippen LogP contribution in [0.1, 0.15) is 16.7 Å². The van der Waals surface area contributed by atoms with E-state index in [0.717, 1.165) is 15.4 Å². The number of halogens is 2. The molecule has 0 heterocycles.